The molecule has 19 heavy (non-hydrogen) atoms. The van der Waals surface area contributed by atoms with E-state index in [1.54, 1.807) is 24.3 Å². The Morgan fingerprint density at radius 3 is 2.42 bits per heavy atom. The molecule has 0 fully saturated rings. The predicted octanol–water partition coefficient (Wildman–Crippen LogP) is 3.58. The second-order valence-corrected chi connectivity index (χ2v) is 5.01. The highest BCUT2D eigenvalue weighted by Crippen LogP contribution is 2.25. The largest absolute Gasteiger partial charge is 0.326 e. The van der Waals surface area contributed by atoms with Gasteiger partial charge in [0, 0.05) is 23.1 Å². The maximum Gasteiger partial charge on any atom is 0.224 e. The van der Waals surface area contributed by atoms with Crippen LogP contribution in [0, 0.1) is 0 Å². The number of anilines is 1. The van der Waals surface area contributed by atoms with E-state index in [0.717, 1.165) is 16.7 Å². The first-order valence-corrected chi connectivity index (χ1v) is 6.62. The minimum atomic E-state index is -0.128. The first-order valence-electron chi connectivity index (χ1n) is 5.80. The van der Waals surface area contributed by atoms with E-state index in [-0.39, 0.29) is 11.0 Å². The lowest BCUT2D eigenvalue weighted by Gasteiger charge is -2.05. The van der Waals surface area contributed by atoms with Crippen LogP contribution in [-0.2, 0) is 4.79 Å². The summed E-state index contributed by atoms with van der Waals surface area (Å²) < 4.78 is 0. The minimum Gasteiger partial charge on any atom is -0.326 e. The lowest BCUT2D eigenvalue weighted by molar-refractivity contribution is -0.114. The molecule has 0 aliphatic rings. The van der Waals surface area contributed by atoms with Crippen molar-refractivity contribution in [3.63, 3.8) is 0 Å². The lowest BCUT2D eigenvalue weighted by Crippen LogP contribution is -2.05. The van der Waals surface area contributed by atoms with Crippen LogP contribution in [-0.4, -0.2) is 11.0 Å². The quantitative estimate of drug-likeness (QED) is 0.868. The van der Waals surface area contributed by atoms with E-state index in [1.807, 2.05) is 30.3 Å². The Morgan fingerprint density at radius 1 is 1.00 bits per heavy atom. The summed E-state index contributed by atoms with van der Waals surface area (Å²) in [7, 11) is 0. The number of nitrogens with one attached hydrogen (secondary N) is 1. The van der Waals surface area contributed by atoms with E-state index in [9.17, 15) is 9.59 Å². The van der Waals surface area contributed by atoms with Crippen molar-refractivity contribution in [3.05, 3.63) is 60.2 Å². The SMILES string of the molecule is CC(=O)Nc1cccc(SC(=O)c2ccccc2)c1. The van der Waals surface area contributed by atoms with Gasteiger partial charge in [-0.05, 0) is 30.0 Å². The molecule has 0 saturated heterocycles. The Morgan fingerprint density at radius 2 is 1.74 bits per heavy atom. The summed E-state index contributed by atoms with van der Waals surface area (Å²) in [5.74, 6) is -0.128. The Kier molecular flexibility index (Phi) is 4.36. The second-order valence-electron chi connectivity index (χ2n) is 3.96. The van der Waals surface area contributed by atoms with Gasteiger partial charge in [0.2, 0.25) is 11.0 Å². The summed E-state index contributed by atoms with van der Waals surface area (Å²) in [4.78, 5) is 23.8. The van der Waals surface area contributed by atoms with E-state index < -0.39 is 0 Å². The Bertz CT molecular complexity index is 596. The fourth-order valence-electron chi connectivity index (χ4n) is 1.58. The topological polar surface area (TPSA) is 46.2 Å². The highest BCUT2D eigenvalue weighted by Gasteiger charge is 2.08. The molecule has 0 unspecified atom stereocenters. The van der Waals surface area contributed by atoms with Gasteiger partial charge in [0.05, 0.1) is 0 Å². The summed E-state index contributed by atoms with van der Waals surface area (Å²) in [6.07, 6.45) is 0. The van der Waals surface area contributed by atoms with E-state index >= 15 is 0 Å². The van der Waals surface area contributed by atoms with Gasteiger partial charge in [0.15, 0.2) is 0 Å². The first kappa shape index (κ1) is 13.4. The molecule has 0 aliphatic carbocycles. The van der Waals surface area contributed by atoms with Crippen LogP contribution < -0.4 is 5.32 Å². The van der Waals surface area contributed by atoms with Crippen molar-refractivity contribution in [3.8, 4) is 0 Å². The van der Waals surface area contributed by atoms with Crippen molar-refractivity contribution in [1.82, 2.24) is 0 Å². The minimum absolute atomic E-state index is 0.0134. The number of carbonyl (C=O) groups excluding carboxylic acids is 2. The van der Waals surface area contributed by atoms with Gasteiger partial charge in [-0.25, -0.2) is 0 Å². The van der Waals surface area contributed by atoms with Crippen LogP contribution in [0.5, 0.6) is 0 Å². The summed E-state index contributed by atoms with van der Waals surface area (Å²) in [6, 6.07) is 16.3. The molecule has 2 aromatic rings. The molecular formula is C15H13NO2S. The second kappa shape index (κ2) is 6.20. The Labute approximate surface area is 116 Å². The fourth-order valence-corrected chi connectivity index (χ4v) is 2.38. The fraction of sp³-hybridized carbons (Fsp3) is 0.0667. The average Bonchev–Trinajstić information content (AvgIpc) is 2.39. The molecule has 3 nitrogen and oxygen atoms in total. The number of carbonyl (C=O) groups is 2. The van der Waals surface area contributed by atoms with Gasteiger partial charge in [-0.3, -0.25) is 9.59 Å². The first-order chi connectivity index (χ1) is 9.15. The van der Waals surface area contributed by atoms with Crippen LogP contribution in [0.15, 0.2) is 59.5 Å². The van der Waals surface area contributed by atoms with Crippen molar-refractivity contribution in [2.24, 2.45) is 0 Å². The Hall–Kier alpha value is -2.07. The molecule has 96 valence electrons. The molecule has 0 saturated carbocycles. The highest BCUT2D eigenvalue weighted by molar-refractivity contribution is 8.14. The molecular weight excluding hydrogens is 258 g/mol. The third kappa shape index (κ3) is 3.96. The van der Waals surface area contributed by atoms with Gasteiger partial charge in [-0.15, -0.1) is 0 Å². The summed E-state index contributed by atoms with van der Waals surface area (Å²) in [5.41, 5.74) is 1.36. The van der Waals surface area contributed by atoms with Gasteiger partial charge < -0.3 is 5.32 Å². The molecule has 4 heteroatoms. The molecule has 0 atom stereocenters. The van der Waals surface area contributed by atoms with Crippen LogP contribution in [0.3, 0.4) is 0 Å². The standard InChI is InChI=1S/C15H13NO2S/c1-11(17)16-13-8-5-9-14(10-13)19-15(18)12-6-3-2-4-7-12/h2-10H,1H3,(H,16,17). The maximum absolute atomic E-state index is 12.0. The molecule has 2 rings (SSSR count). The molecule has 0 bridgehead atoms. The van der Waals surface area contributed by atoms with E-state index in [0.29, 0.717) is 11.3 Å². The summed E-state index contributed by atoms with van der Waals surface area (Å²) >= 11 is 1.15. The van der Waals surface area contributed by atoms with Crippen molar-refractivity contribution >= 4 is 28.5 Å². The maximum atomic E-state index is 12.0. The number of amides is 1. The molecule has 0 aromatic heterocycles. The predicted molar refractivity (Wildman–Crippen MR) is 77.4 cm³/mol. The van der Waals surface area contributed by atoms with Gasteiger partial charge >= 0.3 is 0 Å². The normalized spacial score (nSPS) is 9.95. The Balaban J connectivity index is 2.11. The third-order valence-electron chi connectivity index (χ3n) is 2.37. The highest BCUT2D eigenvalue weighted by atomic mass is 32.2. The number of hydrogen-bond donors (Lipinski definition) is 1. The van der Waals surface area contributed by atoms with Crippen LogP contribution in [0.2, 0.25) is 0 Å². The molecule has 1 amide bonds. The molecule has 0 radical (unpaired) electrons. The molecule has 1 N–H and O–H groups in total. The number of rotatable bonds is 3. The van der Waals surface area contributed by atoms with E-state index in [1.165, 1.54) is 6.92 Å². The van der Waals surface area contributed by atoms with Crippen molar-refractivity contribution in [2.45, 2.75) is 11.8 Å². The van der Waals surface area contributed by atoms with Gasteiger partial charge in [-0.1, -0.05) is 36.4 Å². The van der Waals surface area contributed by atoms with Crippen LogP contribution in [0.1, 0.15) is 17.3 Å². The monoisotopic (exact) mass is 271 g/mol. The van der Waals surface area contributed by atoms with E-state index in [4.69, 9.17) is 0 Å². The summed E-state index contributed by atoms with van der Waals surface area (Å²) in [6.45, 7) is 1.45. The number of thioether (sulfide) groups is 1. The molecule has 0 heterocycles. The molecule has 0 aliphatic heterocycles. The summed E-state index contributed by atoms with van der Waals surface area (Å²) in [5, 5.41) is 2.68. The lowest BCUT2D eigenvalue weighted by atomic mass is 10.2. The van der Waals surface area contributed by atoms with Crippen LogP contribution in [0.25, 0.3) is 0 Å². The number of benzene rings is 2. The van der Waals surface area contributed by atoms with Crippen LogP contribution >= 0.6 is 11.8 Å². The van der Waals surface area contributed by atoms with Crippen molar-refractivity contribution in [2.75, 3.05) is 5.32 Å². The zero-order valence-corrected chi connectivity index (χ0v) is 11.2. The molecule has 2 aromatic carbocycles. The third-order valence-corrected chi connectivity index (χ3v) is 3.29. The van der Waals surface area contributed by atoms with Gasteiger partial charge in [0.25, 0.3) is 0 Å². The van der Waals surface area contributed by atoms with Crippen LogP contribution in [0.4, 0.5) is 5.69 Å². The van der Waals surface area contributed by atoms with Gasteiger partial charge in [0.1, 0.15) is 0 Å². The van der Waals surface area contributed by atoms with Gasteiger partial charge in [-0.2, -0.15) is 0 Å². The zero-order valence-electron chi connectivity index (χ0n) is 10.4. The zero-order chi connectivity index (χ0) is 13.7. The van der Waals surface area contributed by atoms with Crippen molar-refractivity contribution in [1.29, 1.82) is 0 Å². The smallest absolute Gasteiger partial charge is 0.224 e. The average molecular weight is 271 g/mol. The number of hydrogen-bond acceptors (Lipinski definition) is 3. The van der Waals surface area contributed by atoms with E-state index in [2.05, 4.69) is 5.32 Å². The molecule has 0 spiro atoms. The van der Waals surface area contributed by atoms with Crippen molar-refractivity contribution < 1.29 is 9.59 Å².